The molecule has 1 aromatic carbocycles. The van der Waals surface area contributed by atoms with Crippen molar-refractivity contribution in [3.05, 3.63) is 34.7 Å². The topological polar surface area (TPSA) is 70.0 Å². The molecular formula is C17H23N3O2. The van der Waals surface area contributed by atoms with E-state index in [1.54, 1.807) is 4.57 Å². The molecule has 2 N–H and O–H groups in total. The monoisotopic (exact) mass is 301 g/mol. The number of imidazole rings is 1. The molecule has 1 aromatic heterocycles. The van der Waals surface area contributed by atoms with E-state index >= 15 is 0 Å². The van der Waals surface area contributed by atoms with Crippen LogP contribution in [-0.4, -0.2) is 21.6 Å². The average molecular weight is 301 g/mol. The summed E-state index contributed by atoms with van der Waals surface area (Å²) in [6.07, 6.45) is 4.00. The van der Waals surface area contributed by atoms with Crippen LogP contribution in [0.2, 0.25) is 0 Å². The second-order valence-electron chi connectivity index (χ2n) is 6.35. The predicted octanol–water partition coefficient (Wildman–Crippen LogP) is 2.23. The van der Waals surface area contributed by atoms with Gasteiger partial charge in [0.2, 0.25) is 5.91 Å². The van der Waals surface area contributed by atoms with E-state index < -0.39 is 0 Å². The quantitative estimate of drug-likeness (QED) is 0.945. The predicted molar refractivity (Wildman–Crippen MR) is 87.0 cm³/mol. The van der Waals surface area contributed by atoms with Crippen LogP contribution >= 0.6 is 0 Å². The number of aromatic nitrogens is 2. The van der Waals surface area contributed by atoms with Gasteiger partial charge in [0.1, 0.15) is 0 Å². The molecule has 2 unspecified atom stereocenters. The summed E-state index contributed by atoms with van der Waals surface area (Å²) in [6.45, 7) is 2.99. The fourth-order valence-corrected chi connectivity index (χ4v) is 3.61. The molecule has 1 heterocycles. The summed E-state index contributed by atoms with van der Waals surface area (Å²) in [5.74, 6) is 0.456. The molecule has 0 amide bonds. The molecule has 1 aliphatic rings. The van der Waals surface area contributed by atoms with Crippen LogP contribution in [0.3, 0.4) is 0 Å². The molecule has 22 heavy (non-hydrogen) atoms. The van der Waals surface area contributed by atoms with Gasteiger partial charge in [0.15, 0.2) is 0 Å². The number of hydrogen-bond acceptors (Lipinski definition) is 3. The van der Waals surface area contributed by atoms with Crippen molar-refractivity contribution in [1.29, 1.82) is 0 Å². The lowest BCUT2D eigenvalue weighted by atomic mass is 9.82. The summed E-state index contributed by atoms with van der Waals surface area (Å²) in [6, 6.07) is 7.46. The summed E-state index contributed by atoms with van der Waals surface area (Å²) in [7, 11) is 0. The second-order valence-corrected chi connectivity index (χ2v) is 6.35. The van der Waals surface area contributed by atoms with Crippen molar-refractivity contribution in [2.24, 2.45) is 17.6 Å². The number of para-hydroxylation sites is 2. The van der Waals surface area contributed by atoms with E-state index in [1.165, 1.54) is 11.0 Å². The lowest BCUT2D eigenvalue weighted by Crippen LogP contribution is -2.35. The molecule has 5 nitrogen and oxygen atoms in total. The molecule has 118 valence electrons. The Kier molecular flexibility index (Phi) is 4.16. The van der Waals surface area contributed by atoms with E-state index in [0.29, 0.717) is 24.5 Å². The maximum Gasteiger partial charge on any atom is 0.336 e. The first-order chi connectivity index (χ1) is 10.6. The van der Waals surface area contributed by atoms with E-state index in [9.17, 15) is 9.59 Å². The molecule has 3 rings (SSSR count). The average Bonchev–Trinajstić information content (AvgIpc) is 2.80. The third-order valence-corrected chi connectivity index (χ3v) is 4.69. The Morgan fingerprint density at radius 1 is 1.27 bits per heavy atom. The number of carbonyl (C=O) groups is 1. The van der Waals surface area contributed by atoms with Gasteiger partial charge in [0, 0.05) is 19.0 Å². The van der Waals surface area contributed by atoms with Crippen molar-refractivity contribution in [1.82, 2.24) is 9.13 Å². The largest absolute Gasteiger partial charge is 0.336 e. The lowest BCUT2D eigenvalue weighted by molar-refractivity contribution is 0.0779. The molecule has 2 aromatic rings. The van der Waals surface area contributed by atoms with Gasteiger partial charge in [-0.25, -0.2) is 9.36 Å². The van der Waals surface area contributed by atoms with Crippen molar-refractivity contribution in [3.8, 4) is 0 Å². The minimum atomic E-state index is -0.255. The van der Waals surface area contributed by atoms with Crippen LogP contribution in [0.5, 0.6) is 0 Å². The smallest absolute Gasteiger partial charge is 0.329 e. The van der Waals surface area contributed by atoms with E-state index in [0.717, 1.165) is 24.8 Å². The number of hydrogen-bond donors (Lipinski definition) is 1. The SMILES string of the molecule is CC1CCCC(C(=O)n2c(=O)n(CCN)c3ccccc32)C1. The summed E-state index contributed by atoms with van der Waals surface area (Å²) >= 11 is 0. The van der Waals surface area contributed by atoms with Gasteiger partial charge in [-0.05, 0) is 30.9 Å². The first-order valence-corrected chi connectivity index (χ1v) is 8.08. The Bertz CT molecular complexity index is 744. The van der Waals surface area contributed by atoms with Gasteiger partial charge < -0.3 is 5.73 Å². The Hall–Kier alpha value is -1.88. The molecular weight excluding hydrogens is 278 g/mol. The minimum absolute atomic E-state index is 0.0430. The van der Waals surface area contributed by atoms with Gasteiger partial charge in [-0.2, -0.15) is 0 Å². The van der Waals surface area contributed by atoms with Crippen LogP contribution in [0.15, 0.2) is 29.1 Å². The summed E-state index contributed by atoms with van der Waals surface area (Å²) in [5, 5.41) is 0. The summed E-state index contributed by atoms with van der Waals surface area (Å²) in [4.78, 5) is 25.6. The molecule has 1 aliphatic carbocycles. The highest BCUT2D eigenvalue weighted by Gasteiger charge is 2.29. The van der Waals surface area contributed by atoms with E-state index in [1.807, 2.05) is 24.3 Å². The highest BCUT2D eigenvalue weighted by molar-refractivity contribution is 5.91. The highest BCUT2D eigenvalue weighted by Crippen LogP contribution is 2.30. The zero-order chi connectivity index (χ0) is 15.7. The Balaban J connectivity index is 2.08. The van der Waals surface area contributed by atoms with Crippen LogP contribution in [0.25, 0.3) is 11.0 Å². The molecule has 5 heteroatoms. The van der Waals surface area contributed by atoms with Gasteiger partial charge in [0.05, 0.1) is 11.0 Å². The number of fused-ring (bicyclic) bond motifs is 1. The Labute approximate surface area is 129 Å². The second kappa shape index (κ2) is 6.08. The van der Waals surface area contributed by atoms with Crippen molar-refractivity contribution < 1.29 is 4.79 Å². The fourth-order valence-electron chi connectivity index (χ4n) is 3.61. The standard InChI is InChI=1S/C17H23N3O2/c1-12-5-4-6-13(11-12)16(21)20-15-8-3-2-7-14(15)19(10-9-18)17(20)22/h2-3,7-8,12-13H,4-6,9-11,18H2,1H3. The molecule has 1 fully saturated rings. The fraction of sp³-hybridized carbons (Fsp3) is 0.529. The van der Waals surface area contributed by atoms with Crippen LogP contribution in [0, 0.1) is 11.8 Å². The molecule has 0 spiro atoms. The minimum Gasteiger partial charge on any atom is -0.329 e. The van der Waals surface area contributed by atoms with Crippen molar-refractivity contribution >= 4 is 16.9 Å². The summed E-state index contributed by atoms with van der Waals surface area (Å²) < 4.78 is 2.98. The normalized spacial score (nSPS) is 22.1. The number of benzene rings is 1. The molecule has 2 atom stereocenters. The van der Waals surface area contributed by atoms with Gasteiger partial charge in [-0.1, -0.05) is 31.9 Å². The Morgan fingerprint density at radius 3 is 2.68 bits per heavy atom. The Morgan fingerprint density at radius 2 is 2.00 bits per heavy atom. The molecule has 0 saturated heterocycles. The van der Waals surface area contributed by atoms with Gasteiger partial charge >= 0.3 is 5.69 Å². The third-order valence-electron chi connectivity index (χ3n) is 4.69. The first-order valence-electron chi connectivity index (χ1n) is 8.08. The van der Waals surface area contributed by atoms with Gasteiger partial charge in [0.25, 0.3) is 0 Å². The van der Waals surface area contributed by atoms with Crippen LogP contribution in [-0.2, 0) is 6.54 Å². The van der Waals surface area contributed by atoms with Gasteiger partial charge in [-0.15, -0.1) is 0 Å². The lowest BCUT2D eigenvalue weighted by Gasteiger charge is -2.25. The molecule has 0 aliphatic heterocycles. The maximum atomic E-state index is 12.9. The van der Waals surface area contributed by atoms with Crippen LogP contribution in [0.1, 0.15) is 37.4 Å². The third kappa shape index (κ3) is 2.50. The number of nitrogens with zero attached hydrogens (tertiary/aromatic N) is 2. The molecule has 0 radical (unpaired) electrons. The zero-order valence-corrected chi connectivity index (χ0v) is 13.0. The maximum absolute atomic E-state index is 12.9. The van der Waals surface area contributed by atoms with E-state index in [-0.39, 0.29) is 17.5 Å². The van der Waals surface area contributed by atoms with Crippen LogP contribution in [0.4, 0.5) is 0 Å². The zero-order valence-electron chi connectivity index (χ0n) is 13.0. The number of nitrogens with two attached hydrogens (primary N) is 1. The number of rotatable bonds is 3. The summed E-state index contributed by atoms with van der Waals surface area (Å²) in [5.41, 5.74) is 6.84. The van der Waals surface area contributed by atoms with Crippen molar-refractivity contribution in [2.45, 2.75) is 39.2 Å². The van der Waals surface area contributed by atoms with Gasteiger partial charge in [-0.3, -0.25) is 9.36 Å². The van der Waals surface area contributed by atoms with Crippen LogP contribution < -0.4 is 11.4 Å². The van der Waals surface area contributed by atoms with E-state index in [2.05, 4.69) is 6.92 Å². The first kappa shape index (κ1) is 15.0. The number of carbonyl (C=O) groups excluding carboxylic acids is 1. The van der Waals surface area contributed by atoms with E-state index in [4.69, 9.17) is 5.73 Å². The molecule has 0 bridgehead atoms. The van der Waals surface area contributed by atoms with Crippen molar-refractivity contribution in [3.63, 3.8) is 0 Å². The highest BCUT2D eigenvalue weighted by atomic mass is 16.2. The van der Waals surface area contributed by atoms with Crippen molar-refractivity contribution in [2.75, 3.05) is 6.54 Å². The molecule has 1 saturated carbocycles.